The molecule has 1 amide bonds. The summed E-state index contributed by atoms with van der Waals surface area (Å²) < 4.78 is 12.1. The maximum absolute atomic E-state index is 12.5. The van der Waals surface area contributed by atoms with Crippen molar-refractivity contribution in [2.45, 2.75) is 19.3 Å². The van der Waals surface area contributed by atoms with E-state index in [0.717, 1.165) is 16.8 Å². The molecular formula is C19H18ClN5O4. The summed E-state index contributed by atoms with van der Waals surface area (Å²) in [5.74, 6) is 0.906. The number of carbonyl (C=O) groups excluding carboxylic acids is 1. The number of hydrogen-bond acceptors (Lipinski definition) is 7. The van der Waals surface area contributed by atoms with E-state index in [2.05, 4.69) is 20.6 Å². The highest BCUT2D eigenvalue weighted by atomic mass is 35.5. The highest BCUT2D eigenvalue weighted by Crippen LogP contribution is 2.45. The number of aromatic nitrogens is 4. The molecule has 1 aromatic carbocycles. The van der Waals surface area contributed by atoms with Crippen molar-refractivity contribution in [3.8, 4) is 23.1 Å². The zero-order chi connectivity index (χ0) is 20.7. The second-order valence-electron chi connectivity index (χ2n) is 6.55. The number of halogens is 1. The molecule has 0 unspecified atom stereocenters. The Morgan fingerprint density at radius 2 is 1.90 bits per heavy atom. The normalized spacial score (nSPS) is 15.6. The Morgan fingerprint density at radius 1 is 1.21 bits per heavy atom. The third-order valence-electron chi connectivity index (χ3n) is 4.84. The quantitative estimate of drug-likeness (QED) is 0.673. The van der Waals surface area contributed by atoms with Gasteiger partial charge < -0.3 is 19.9 Å². The number of aryl methyl sites for hydroxylation is 1. The Balaban J connectivity index is 1.88. The first-order valence-corrected chi connectivity index (χ1v) is 9.14. The van der Waals surface area contributed by atoms with Gasteiger partial charge in [-0.2, -0.15) is 9.78 Å². The van der Waals surface area contributed by atoms with Gasteiger partial charge >= 0.3 is 0 Å². The zero-order valence-electron chi connectivity index (χ0n) is 15.9. The minimum atomic E-state index is -0.309. The molecule has 0 spiro atoms. The minimum Gasteiger partial charge on any atom is -0.502 e. The van der Waals surface area contributed by atoms with Crippen LogP contribution in [0.2, 0.25) is 5.15 Å². The number of phenols is 1. The number of fused-ring (bicyclic) bond motifs is 1. The third-order valence-corrected chi connectivity index (χ3v) is 5.04. The van der Waals surface area contributed by atoms with E-state index in [1.54, 1.807) is 24.3 Å². The SMILES string of the molecule is COc1cc([C@H]2CC(=O)Nc3c2c(C)nn3-c2ccc(Cl)nn2)cc(OC)c1O. The minimum absolute atomic E-state index is 0.0944. The van der Waals surface area contributed by atoms with Crippen LogP contribution in [0.1, 0.15) is 29.2 Å². The van der Waals surface area contributed by atoms with Gasteiger partial charge in [-0.25, -0.2) is 0 Å². The molecule has 1 aliphatic heterocycles. The van der Waals surface area contributed by atoms with Crippen LogP contribution in [0.25, 0.3) is 5.82 Å². The zero-order valence-corrected chi connectivity index (χ0v) is 16.7. The predicted molar refractivity (Wildman–Crippen MR) is 105 cm³/mol. The van der Waals surface area contributed by atoms with E-state index in [1.807, 2.05) is 6.92 Å². The summed E-state index contributed by atoms with van der Waals surface area (Å²) in [5.41, 5.74) is 2.33. The molecule has 3 heterocycles. The van der Waals surface area contributed by atoms with Crippen molar-refractivity contribution in [3.05, 3.63) is 46.2 Å². The van der Waals surface area contributed by atoms with E-state index in [4.69, 9.17) is 21.1 Å². The molecule has 0 bridgehead atoms. The van der Waals surface area contributed by atoms with Gasteiger partial charge in [0.25, 0.3) is 0 Å². The number of anilines is 1. The topological polar surface area (TPSA) is 111 Å². The smallest absolute Gasteiger partial charge is 0.226 e. The van der Waals surface area contributed by atoms with Crippen molar-refractivity contribution in [3.63, 3.8) is 0 Å². The van der Waals surface area contributed by atoms with Crippen LogP contribution in [-0.4, -0.2) is 45.2 Å². The van der Waals surface area contributed by atoms with Gasteiger partial charge in [0.1, 0.15) is 5.82 Å². The lowest BCUT2D eigenvalue weighted by Gasteiger charge is -2.25. The summed E-state index contributed by atoms with van der Waals surface area (Å²) in [6, 6.07) is 6.67. The van der Waals surface area contributed by atoms with E-state index >= 15 is 0 Å². The van der Waals surface area contributed by atoms with Crippen molar-refractivity contribution in [1.82, 2.24) is 20.0 Å². The molecule has 2 aromatic heterocycles. The van der Waals surface area contributed by atoms with Gasteiger partial charge in [-0.15, -0.1) is 10.2 Å². The number of amides is 1. The van der Waals surface area contributed by atoms with Crippen molar-refractivity contribution in [1.29, 1.82) is 0 Å². The highest BCUT2D eigenvalue weighted by Gasteiger charge is 2.34. The van der Waals surface area contributed by atoms with Gasteiger partial charge in [0.05, 0.1) is 19.9 Å². The van der Waals surface area contributed by atoms with Crippen molar-refractivity contribution < 1.29 is 19.4 Å². The molecule has 0 aliphatic carbocycles. The molecule has 0 radical (unpaired) electrons. The van der Waals surface area contributed by atoms with E-state index in [0.29, 0.717) is 11.6 Å². The molecule has 0 fully saturated rings. The van der Waals surface area contributed by atoms with Crippen LogP contribution < -0.4 is 14.8 Å². The molecule has 150 valence electrons. The van der Waals surface area contributed by atoms with Crippen LogP contribution in [-0.2, 0) is 4.79 Å². The van der Waals surface area contributed by atoms with Crippen LogP contribution in [0.4, 0.5) is 5.82 Å². The Kier molecular flexibility index (Phi) is 4.75. The average molecular weight is 416 g/mol. The van der Waals surface area contributed by atoms with Gasteiger partial charge in [0.15, 0.2) is 22.5 Å². The first-order chi connectivity index (χ1) is 13.9. The molecule has 3 aromatic rings. The molecule has 10 heteroatoms. The number of carbonyl (C=O) groups is 1. The number of methoxy groups -OCH3 is 2. The second-order valence-corrected chi connectivity index (χ2v) is 6.94. The molecule has 0 saturated carbocycles. The van der Waals surface area contributed by atoms with Gasteiger partial charge in [-0.3, -0.25) is 4.79 Å². The molecule has 29 heavy (non-hydrogen) atoms. The molecule has 2 N–H and O–H groups in total. The molecule has 4 rings (SSSR count). The number of phenolic OH excluding ortho intramolecular Hbond substituents is 1. The summed E-state index contributed by atoms with van der Waals surface area (Å²) in [6.45, 7) is 1.86. The van der Waals surface area contributed by atoms with Crippen LogP contribution >= 0.6 is 11.6 Å². The number of nitrogens with one attached hydrogen (secondary N) is 1. The largest absolute Gasteiger partial charge is 0.502 e. The fourth-order valence-electron chi connectivity index (χ4n) is 3.53. The lowest BCUT2D eigenvalue weighted by Crippen LogP contribution is -2.25. The van der Waals surface area contributed by atoms with Gasteiger partial charge in [0.2, 0.25) is 11.7 Å². The van der Waals surface area contributed by atoms with E-state index in [1.165, 1.54) is 18.9 Å². The van der Waals surface area contributed by atoms with Crippen LogP contribution in [0.3, 0.4) is 0 Å². The Labute approximate surface area is 171 Å². The number of hydrogen-bond donors (Lipinski definition) is 2. The van der Waals surface area contributed by atoms with Crippen LogP contribution in [0, 0.1) is 6.92 Å². The van der Waals surface area contributed by atoms with Crippen molar-refractivity contribution in [2.75, 3.05) is 19.5 Å². The number of aromatic hydroxyl groups is 1. The van der Waals surface area contributed by atoms with Gasteiger partial charge in [-0.1, -0.05) is 11.6 Å². The highest BCUT2D eigenvalue weighted by molar-refractivity contribution is 6.29. The van der Waals surface area contributed by atoms with Crippen molar-refractivity contribution in [2.24, 2.45) is 0 Å². The Hall–Kier alpha value is -3.33. The maximum atomic E-state index is 12.5. The second kappa shape index (κ2) is 7.25. The Bertz CT molecular complexity index is 1070. The molecule has 0 saturated heterocycles. The summed E-state index contributed by atoms with van der Waals surface area (Å²) in [4.78, 5) is 12.5. The van der Waals surface area contributed by atoms with E-state index in [-0.39, 0.29) is 40.6 Å². The molecule has 1 aliphatic rings. The monoisotopic (exact) mass is 415 g/mol. The predicted octanol–water partition coefficient (Wildman–Crippen LogP) is 2.82. The summed E-state index contributed by atoms with van der Waals surface area (Å²) in [5, 5.41) is 25.8. The number of benzene rings is 1. The molecular weight excluding hydrogens is 398 g/mol. The fourth-order valence-corrected chi connectivity index (χ4v) is 3.64. The van der Waals surface area contributed by atoms with Gasteiger partial charge in [0, 0.05) is 17.9 Å². The molecule has 9 nitrogen and oxygen atoms in total. The number of ether oxygens (including phenoxy) is 2. The standard InChI is InChI=1S/C19H18ClN5O4/c1-9-17-11(10-6-12(28-2)18(27)13(7-10)29-3)8-16(26)21-19(17)25(24-9)15-5-4-14(20)22-23-15/h4-7,11,27H,8H2,1-3H3,(H,21,26)/t11-/m1/s1. The first kappa shape index (κ1) is 19.0. The molecule has 1 atom stereocenters. The number of rotatable bonds is 4. The van der Waals surface area contributed by atoms with E-state index in [9.17, 15) is 9.90 Å². The van der Waals surface area contributed by atoms with Gasteiger partial charge in [-0.05, 0) is 36.8 Å². The van der Waals surface area contributed by atoms with Crippen LogP contribution in [0.15, 0.2) is 24.3 Å². The fraction of sp³-hybridized carbons (Fsp3) is 0.263. The van der Waals surface area contributed by atoms with Crippen LogP contribution in [0.5, 0.6) is 17.2 Å². The summed E-state index contributed by atoms with van der Waals surface area (Å²) >= 11 is 5.83. The lowest BCUT2D eigenvalue weighted by atomic mass is 9.85. The Morgan fingerprint density at radius 3 is 2.48 bits per heavy atom. The number of nitrogens with zero attached hydrogens (tertiary/aromatic N) is 4. The average Bonchev–Trinajstić information content (AvgIpc) is 3.04. The lowest BCUT2D eigenvalue weighted by molar-refractivity contribution is -0.116. The van der Waals surface area contributed by atoms with Crippen molar-refractivity contribution >= 4 is 23.3 Å². The third kappa shape index (κ3) is 3.23. The summed E-state index contributed by atoms with van der Waals surface area (Å²) in [7, 11) is 2.92. The summed E-state index contributed by atoms with van der Waals surface area (Å²) in [6.07, 6.45) is 0.211. The van der Waals surface area contributed by atoms with E-state index < -0.39 is 0 Å². The first-order valence-electron chi connectivity index (χ1n) is 8.76. The maximum Gasteiger partial charge on any atom is 0.226 e.